The topological polar surface area (TPSA) is 66.8 Å². The quantitative estimate of drug-likeness (QED) is 0.794. The van der Waals surface area contributed by atoms with E-state index in [4.69, 9.17) is 9.94 Å². The Labute approximate surface area is 110 Å². The van der Waals surface area contributed by atoms with Crippen LogP contribution in [0.25, 0.3) is 0 Å². The second kappa shape index (κ2) is 6.84. The zero-order chi connectivity index (χ0) is 14.4. The highest BCUT2D eigenvalue weighted by atomic mass is 19.1. The monoisotopic (exact) mass is 269 g/mol. The van der Waals surface area contributed by atoms with E-state index in [1.165, 1.54) is 38.4 Å². The van der Waals surface area contributed by atoms with Crippen LogP contribution in [0.15, 0.2) is 24.3 Å². The molecule has 0 aliphatic heterocycles. The molecule has 0 fully saturated rings. The van der Waals surface area contributed by atoms with Gasteiger partial charge in [0.25, 0.3) is 0 Å². The summed E-state index contributed by atoms with van der Waals surface area (Å²) in [6.45, 7) is 0. The summed E-state index contributed by atoms with van der Waals surface area (Å²) >= 11 is 0. The number of benzene rings is 1. The summed E-state index contributed by atoms with van der Waals surface area (Å²) in [5, 5.41) is 10.1. The minimum atomic E-state index is -1.07. The van der Waals surface area contributed by atoms with E-state index in [0.717, 1.165) is 5.06 Å². The summed E-state index contributed by atoms with van der Waals surface area (Å²) in [6.07, 6.45) is -0.00401. The first kappa shape index (κ1) is 15.1. The van der Waals surface area contributed by atoms with Crippen LogP contribution in [0.1, 0.15) is 12.0 Å². The summed E-state index contributed by atoms with van der Waals surface area (Å²) < 4.78 is 12.8. The molecule has 1 unspecified atom stereocenters. The first-order valence-corrected chi connectivity index (χ1v) is 5.72. The molecule has 1 rings (SSSR count). The molecule has 1 N–H and O–H groups in total. The Morgan fingerprint density at radius 3 is 2.42 bits per heavy atom. The van der Waals surface area contributed by atoms with Crippen LogP contribution in [0.4, 0.5) is 4.39 Å². The van der Waals surface area contributed by atoms with E-state index in [1.807, 2.05) is 0 Å². The van der Waals surface area contributed by atoms with Crippen molar-refractivity contribution in [3.8, 4) is 0 Å². The largest absolute Gasteiger partial charge is 0.481 e. The van der Waals surface area contributed by atoms with Gasteiger partial charge < -0.3 is 5.11 Å². The fourth-order valence-corrected chi connectivity index (χ4v) is 1.59. The van der Waals surface area contributed by atoms with E-state index in [-0.39, 0.29) is 18.7 Å². The second-order valence-corrected chi connectivity index (χ2v) is 4.14. The lowest BCUT2D eigenvalue weighted by Gasteiger charge is -2.17. The third kappa shape index (κ3) is 4.67. The Morgan fingerprint density at radius 1 is 1.37 bits per heavy atom. The molecule has 0 saturated carbocycles. The van der Waals surface area contributed by atoms with Gasteiger partial charge in [-0.25, -0.2) is 9.45 Å². The molecule has 0 aromatic heterocycles. The van der Waals surface area contributed by atoms with Crippen molar-refractivity contribution in [1.29, 1.82) is 0 Å². The number of rotatable bonds is 6. The van der Waals surface area contributed by atoms with Gasteiger partial charge in [0.05, 0.1) is 13.0 Å². The van der Waals surface area contributed by atoms with Gasteiger partial charge >= 0.3 is 5.97 Å². The van der Waals surface area contributed by atoms with Crippen molar-refractivity contribution in [2.75, 3.05) is 14.2 Å². The van der Waals surface area contributed by atoms with Crippen molar-refractivity contribution in [2.45, 2.75) is 12.8 Å². The van der Waals surface area contributed by atoms with Crippen molar-refractivity contribution in [2.24, 2.45) is 5.92 Å². The summed E-state index contributed by atoms with van der Waals surface area (Å²) in [5.74, 6) is -2.74. The van der Waals surface area contributed by atoms with E-state index in [1.54, 1.807) is 0 Å². The van der Waals surface area contributed by atoms with Gasteiger partial charge in [0.1, 0.15) is 5.82 Å². The van der Waals surface area contributed by atoms with E-state index in [2.05, 4.69) is 0 Å². The molecule has 1 aromatic carbocycles. The number of hydrogen-bond donors (Lipinski definition) is 1. The van der Waals surface area contributed by atoms with E-state index >= 15 is 0 Å². The molecule has 0 aliphatic rings. The maximum absolute atomic E-state index is 12.8. The smallest absolute Gasteiger partial charge is 0.307 e. The molecule has 0 radical (unpaired) electrons. The third-order valence-electron chi connectivity index (χ3n) is 2.79. The number of hydroxylamine groups is 2. The minimum absolute atomic E-state index is 0.166. The number of carbonyl (C=O) groups excluding carboxylic acids is 1. The van der Waals surface area contributed by atoms with E-state index in [0.29, 0.717) is 5.56 Å². The molecule has 0 saturated heterocycles. The first-order valence-electron chi connectivity index (χ1n) is 5.72. The summed E-state index contributed by atoms with van der Waals surface area (Å²) in [6, 6.07) is 5.54. The van der Waals surface area contributed by atoms with Crippen LogP contribution in [0, 0.1) is 11.7 Å². The first-order chi connectivity index (χ1) is 8.93. The van der Waals surface area contributed by atoms with Crippen molar-refractivity contribution in [1.82, 2.24) is 5.06 Å². The summed E-state index contributed by atoms with van der Waals surface area (Å²) in [5.41, 5.74) is 0.668. The van der Waals surface area contributed by atoms with Gasteiger partial charge in [0.2, 0.25) is 5.91 Å². The fourth-order valence-electron chi connectivity index (χ4n) is 1.59. The molecule has 0 spiro atoms. The lowest BCUT2D eigenvalue weighted by atomic mass is 9.96. The van der Waals surface area contributed by atoms with E-state index in [9.17, 15) is 14.0 Å². The van der Waals surface area contributed by atoms with Gasteiger partial charge in [-0.15, -0.1) is 0 Å². The number of aliphatic carboxylic acids is 1. The van der Waals surface area contributed by atoms with Crippen LogP contribution in [0.5, 0.6) is 0 Å². The van der Waals surface area contributed by atoms with Crippen LogP contribution in [0.3, 0.4) is 0 Å². The van der Waals surface area contributed by atoms with E-state index < -0.39 is 17.8 Å². The molecule has 5 nitrogen and oxygen atoms in total. The molecular formula is C13H16FNO4. The average molecular weight is 269 g/mol. The highest BCUT2D eigenvalue weighted by molar-refractivity contribution is 5.81. The van der Waals surface area contributed by atoms with Gasteiger partial charge in [-0.05, 0) is 24.1 Å². The lowest BCUT2D eigenvalue weighted by molar-refractivity contribution is -0.171. The predicted molar refractivity (Wildman–Crippen MR) is 65.6 cm³/mol. The van der Waals surface area contributed by atoms with Crippen LogP contribution in [0.2, 0.25) is 0 Å². The number of hydrogen-bond acceptors (Lipinski definition) is 3. The van der Waals surface area contributed by atoms with Crippen LogP contribution >= 0.6 is 0 Å². The second-order valence-electron chi connectivity index (χ2n) is 4.14. The molecule has 0 bridgehead atoms. The average Bonchev–Trinajstić information content (AvgIpc) is 2.39. The predicted octanol–water partition coefficient (Wildman–Crippen LogP) is 1.48. The minimum Gasteiger partial charge on any atom is -0.481 e. The van der Waals surface area contributed by atoms with Gasteiger partial charge in [0, 0.05) is 13.5 Å². The summed E-state index contributed by atoms with van der Waals surface area (Å²) in [7, 11) is 2.74. The third-order valence-corrected chi connectivity index (χ3v) is 2.79. The molecule has 104 valence electrons. The standard InChI is InChI=1S/C13H16FNO4/c1-15(19-2)12(16)8-10(13(17)18)7-9-3-5-11(14)6-4-9/h3-6,10H,7-8H2,1-2H3,(H,17,18). The fraction of sp³-hybridized carbons (Fsp3) is 0.385. The molecular weight excluding hydrogens is 253 g/mol. The van der Waals surface area contributed by atoms with Gasteiger partial charge in [-0.3, -0.25) is 14.4 Å². The number of halogens is 1. The zero-order valence-corrected chi connectivity index (χ0v) is 10.8. The Balaban J connectivity index is 2.71. The molecule has 0 aliphatic carbocycles. The van der Waals surface area contributed by atoms with Gasteiger partial charge in [-0.2, -0.15) is 0 Å². The molecule has 6 heteroatoms. The molecule has 0 heterocycles. The maximum Gasteiger partial charge on any atom is 0.307 e. The normalized spacial score (nSPS) is 11.9. The van der Waals surface area contributed by atoms with Gasteiger partial charge in [-0.1, -0.05) is 12.1 Å². The number of carboxylic acid groups (broad SMARTS) is 1. The van der Waals surface area contributed by atoms with Crippen molar-refractivity contribution >= 4 is 11.9 Å². The van der Waals surface area contributed by atoms with Crippen LogP contribution in [-0.2, 0) is 20.8 Å². The Kier molecular flexibility index (Phi) is 5.44. The molecule has 1 amide bonds. The number of carboxylic acids is 1. The number of carbonyl (C=O) groups is 2. The van der Waals surface area contributed by atoms with Crippen molar-refractivity contribution in [3.63, 3.8) is 0 Å². The summed E-state index contributed by atoms with van der Waals surface area (Å²) in [4.78, 5) is 27.4. The molecule has 1 aromatic rings. The van der Waals surface area contributed by atoms with Crippen LogP contribution in [-0.4, -0.2) is 36.2 Å². The SMILES string of the molecule is CON(C)C(=O)CC(Cc1ccc(F)cc1)C(=O)O. The highest BCUT2D eigenvalue weighted by Crippen LogP contribution is 2.15. The molecule has 1 atom stereocenters. The molecule has 19 heavy (non-hydrogen) atoms. The Bertz CT molecular complexity index is 446. The number of nitrogens with zero attached hydrogens (tertiary/aromatic N) is 1. The van der Waals surface area contributed by atoms with Gasteiger partial charge in [0.15, 0.2) is 0 Å². The number of amides is 1. The lowest BCUT2D eigenvalue weighted by Crippen LogP contribution is -2.30. The van der Waals surface area contributed by atoms with Crippen LogP contribution < -0.4 is 0 Å². The van der Waals surface area contributed by atoms with Crippen molar-refractivity contribution in [3.05, 3.63) is 35.6 Å². The zero-order valence-electron chi connectivity index (χ0n) is 10.8. The maximum atomic E-state index is 12.8. The Hall–Kier alpha value is -1.95. The Morgan fingerprint density at radius 2 is 1.95 bits per heavy atom. The van der Waals surface area contributed by atoms with Crippen molar-refractivity contribution < 1.29 is 23.9 Å². The highest BCUT2D eigenvalue weighted by Gasteiger charge is 2.23.